The van der Waals surface area contributed by atoms with Gasteiger partial charge in [-0.15, -0.1) is 0 Å². The highest BCUT2D eigenvalue weighted by atomic mass is 32.1. The van der Waals surface area contributed by atoms with Gasteiger partial charge in [-0.3, -0.25) is 0 Å². The summed E-state index contributed by atoms with van der Waals surface area (Å²) >= 11 is 5.48. The molecule has 22 heavy (non-hydrogen) atoms. The Kier molecular flexibility index (Phi) is 4.58. The molecular formula is C17H14O4S. The third-order valence-corrected chi connectivity index (χ3v) is 3.62. The Morgan fingerprint density at radius 3 is 2.18 bits per heavy atom. The van der Waals surface area contributed by atoms with Gasteiger partial charge in [-0.1, -0.05) is 54.2 Å². The molecule has 5 heteroatoms. The molecule has 0 unspecified atom stereocenters. The van der Waals surface area contributed by atoms with Gasteiger partial charge in [0.25, 0.3) is 0 Å². The molecule has 1 aliphatic carbocycles. The van der Waals surface area contributed by atoms with E-state index in [2.05, 4.69) is 0 Å². The fraction of sp³-hybridized carbons (Fsp3) is 0.0588. The monoisotopic (exact) mass is 314 g/mol. The van der Waals surface area contributed by atoms with Crippen molar-refractivity contribution < 1.29 is 20.1 Å². The van der Waals surface area contributed by atoms with E-state index in [1.165, 1.54) is 0 Å². The Labute approximate surface area is 133 Å². The van der Waals surface area contributed by atoms with E-state index in [9.17, 15) is 5.11 Å². The molecule has 1 aliphatic rings. The minimum absolute atomic E-state index is 0.254. The number of aromatic hydroxyl groups is 1. The van der Waals surface area contributed by atoms with Gasteiger partial charge in [0, 0.05) is 5.56 Å². The third kappa shape index (κ3) is 3.51. The zero-order valence-electron chi connectivity index (χ0n) is 11.8. The smallest absolute Gasteiger partial charge is 0.503 e. The van der Waals surface area contributed by atoms with Crippen LogP contribution in [0.25, 0.3) is 12.2 Å². The van der Waals surface area contributed by atoms with E-state index in [-0.39, 0.29) is 5.75 Å². The van der Waals surface area contributed by atoms with Gasteiger partial charge in [-0.2, -0.15) is 0 Å². The van der Waals surface area contributed by atoms with E-state index >= 15 is 0 Å². The van der Waals surface area contributed by atoms with Crippen LogP contribution in [0.2, 0.25) is 0 Å². The number of fused-ring (bicyclic) bond motifs is 1. The lowest BCUT2D eigenvalue weighted by Crippen LogP contribution is -2.03. The molecule has 0 aliphatic heterocycles. The van der Waals surface area contributed by atoms with Crippen molar-refractivity contribution in [2.75, 3.05) is 0 Å². The molecule has 112 valence electrons. The van der Waals surface area contributed by atoms with Crippen molar-refractivity contribution >= 4 is 35.4 Å². The summed E-state index contributed by atoms with van der Waals surface area (Å²) < 4.78 is 0. The Morgan fingerprint density at radius 2 is 1.64 bits per heavy atom. The zero-order chi connectivity index (χ0) is 16.3. The van der Waals surface area contributed by atoms with Crippen LogP contribution in [0.1, 0.15) is 27.8 Å². The topological polar surface area (TPSA) is 77.8 Å². The van der Waals surface area contributed by atoms with Gasteiger partial charge < -0.3 is 15.3 Å². The van der Waals surface area contributed by atoms with Gasteiger partial charge in [0.15, 0.2) is 0 Å². The second-order valence-corrected chi connectivity index (χ2v) is 5.22. The molecule has 0 radical (unpaired) electrons. The minimum atomic E-state index is -1.83. The van der Waals surface area contributed by atoms with Crippen molar-refractivity contribution in [3.63, 3.8) is 0 Å². The molecule has 0 fully saturated rings. The molecule has 0 spiro atoms. The second kappa shape index (κ2) is 6.41. The average molecular weight is 314 g/mol. The average Bonchev–Trinajstić information content (AvgIpc) is 2.42. The summed E-state index contributed by atoms with van der Waals surface area (Å²) in [6.07, 6.45) is 2.17. The van der Waals surface area contributed by atoms with E-state index in [0.29, 0.717) is 4.86 Å². The third-order valence-electron chi connectivity index (χ3n) is 3.17. The lowest BCUT2D eigenvalue weighted by molar-refractivity contribution is 0.137. The number of hydrogen-bond donors (Lipinski definition) is 3. The van der Waals surface area contributed by atoms with Crippen LogP contribution in [0.4, 0.5) is 4.79 Å². The second-order valence-electron chi connectivity index (χ2n) is 4.81. The molecule has 4 nitrogen and oxygen atoms in total. The maximum absolute atomic E-state index is 10.0. The Morgan fingerprint density at radius 1 is 1.05 bits per heavy atom. The van der Waals surface area contributed by atoms with Crippen LogP contribution in [0.15, 0.2) is 36.4 Å². The van der Waals surface area contributed by atoms with E-state index in [0.717, 1.165) is 27.8 Å². The molecule has 0 bridgehead atoms. The number of benzene rings is 2. The van der Waals surface area contributed by atoms with Crippen LogP contribution < -0.4 is 0 Å². The minimum Gasteiger partial charge on any atom is -0.507 e. The number of rotatable bonds is 2. The maximum Gasteiger partial charge on any atom is 0.503 e. The Balaban J connectivity index is 0.000000396. The largest absolute Gasteiger partial charge is 0.507 e. The van der Waals surface area contributed by atoms with Gasteiger partial charge >= 0.3 is 6.16 Å². The van der Waals surface area contributed by atoms with E-state index in [4.69, 9.17) is 27.2 Å². The van der Waals surface area contributed by atoms with Crippen LogP contribution in [0.3, 0.4) is 0 Å². The van der Waals surface area contributed by atoms with Crippen molar-refractivity contribution in [1.29, 1.82) is 0 Å². The number of aryl methyl sites for hydroxylation is 1. The van der Waals surface area contributed by atoms with Gasteiger partial charge in [-0.25, -0.2) is 4.79 Å². The summed E-state index contributed by atoms with van der Waals surface area (Å²) in [6, 6.07) is 11.8. The standard InChI is InChI=1S/C16H12OS.CH2O3/c1-10-3-2-4-13(7-10)16(18)14-8-11-5-6-12(11)9-15(14)17;2-1(3)4/h2-9,17H,1H3;(H2,2,3,4). The number of carboxylic acid groups (broad SMARTS) is 2. The van der Waals surface area contributed by atoms with Crippen molar-refractivity contribution in [3.05, 3.63) is 64.2 Å². The van der Waals surface area contributed by atoms with Crippen LogP contribution in [-0.2, 0) is 0 Å². The highest BCUT2D eigenvalue weighted by molar-refractivity contribution is 7.81. The molecule has 0 atom stereocenters. The molecule has 3 rings (SSSR count). The molecule has 0 aromatic heterocycles. The fourth-order valence-corrected chi connectivity index (χ4v) is 2.41. The number of carbonyl (C=O) groups is 1. The lowest BCUT2D eigenvalue weighted by atomic mass is 9.92. The quantitative estimate of drug-likeness (QED) is 0.489. The van der Waals surface area contributed by atoms with Gasteiger partial charge in [0.1, 0.15) is 5.75 Å². The highest BCUT2D eigenvalue weighted by Gasteiger charge is 2.15. The van der Waals surface area contributed by atoms with Crippen LogP contribution in [-0.4, -0.2) is 26.3 Å². The van der Waals surface area contributed by atoms with E-state index in [1.807, 2.05) is 49.4 Å². The molecule has 0 amide bonds. The van der Waals surface area contributed by atoms with Gasteiger partial charge in [-0.05, 0) is 35.7 Å². The summed E-state index contributed by atoms with van der Waals surface area (Å²) in [4.78, 5) is 9.25. The molecule has 0 saturated carbocycles. The predicted molar refractivity (Wildman–Crippen MR) is 89.7 cm³/mol. The van der Waals surface area contributed by atoms with Crippen molar-refractivity contribution in [2.45, 2.75) is 6.92 Å². The van der Waals surface area contributed by atoms with Crippen molar-refractivity contribution in [1.82, 2.24) is 0 Å². The number of phenols is 1. The van der Waals surface area contributed by atoms with E-state index in [1.54, 1.807) is 6.07 Å². The first kappa shape index (κ1) is 15.7. The molecule has 0 heterocycles. The van der Waals surface area contributed by atoms with E-state index < -0.39 is 6.16 Å². The van der Waals surface area contributed by atoms with Crippen LogP contribution >= 0.6 is 12.2 Å². The lowest BCUT2D eigenvalue weighted by Gasteiger charge is -2.15. The molecule has 3 N–H and O–H groups in total. The van der Waals surface area contributed by atoms with Crippen LogP contribution in [0.5, 0.6) is 5.75 Å². The number of phenolic OH excluding ortho intramolecular Hbond substituents is 1. The Bertz CT molecular complexity index is 774. The van der Waals surface area contributed by atoms with Gasteiger partial charge in [0.05, 0.1) is 4.86 Å². The molecular weight excluding hydrogens is 300 g/mol. The SMILES string of the molecule is Cc1cccc(C(=S)c2cc3c(cc2O)C=C3)c1.O=C(O)O. The summed E-state index contributed by atoms with van der Waals surface area (Å²) in [5, 5.41) is 24.0. The summed E-state index contributed by atoms with van der Waals surface area (Å²) in [6.45, 7) is 2.03. The number of thiocarbonyl (C=S) groups is 1. The number of hydrogen-bond acceptors (Lipinski definition) is 3. The normalized spacial score (nSPS) is 10.8. The molecule has 0 saturated heterocycles. The maximum atomic E-state index is 10.0. The summed E-state index contributed by atoms with van der Waals surface area (Å²) in [5.41, 5.74) is 5.08. The first-order chi connectivity index (χ1) is 10.4. The predicted octanol–water partition coefficient (Wildman–Crippen LogP) is 4.17. The van der Waals surface area contributed by atoms with Crippen molar-refractivity contribution in [2.24, 2.45) is 0 Å². The first-order valence-corrected chi connectivity index (χ1v) is 6.87. The zero-order valence-corrected chi connectivity index (χ0v) is 12.6. The molecule has 2 aromatic rings. The first-order valence-electron chi connectivity index (χ1n) is 6.47. The summed E-state index contributed by atoms with van der Waals surface area (Å²) in [5.74, 6) is 0.254. The van der Waals surface area contributed by atoms with Crippen molar-refractivity contribution in [3.8, 4) is 5.75 Å². The molecule has 2 aromatic carbocycles. The fourth-order valence-electron chi connectivity index (χ4n) is 2.12. The van der Waals surface area contributed by atoms with Gasteiger partial charge in [0.2, 0.25) is 0 Å². The summed E-state index contributed by atoms with van der Waals surface area (Å²) in [7, 11) is 0. The van der Waals surface area contributed by atoms with Crippen LogP contribution in [0, 0.1) is 6.92 Å². The Hall–Kier alpha value is -2.66. The highest BCUT2D eigenvalue weighted by Crippen LogP contribution is 2.32.